The molecule has 7 heteroatoms. The molecule has 254 valence electrons. The number of ether oxygens (including phenoxy) is 2. The number of aliphatic hydroxyl groups excluding tert-OH is 1. The van der Waals surface area contributed by atoms with Crippen LogP contribution in [-0.2, 0) is 22.6 Å². The molecule has 4 saturated carbocycles. The summed E-state index contributed by atoms with van der Waals surface area (Å²) in [7, 11) is 0. The zero-order valence-electron chi connectivity index (χ0n) is 28.1. The molecule has 6 aliphatic rings. The van der Waals surface area contributed by atoms with Crippen LogP contribution >= 0.6 is 0 Å². The van der Waals surface area contributed by atoms with Crippen molar-refractivity contribution in [3.05, 3.63) is 95.1 Å². The zero-order chi connectivity index (χ0) is 32.5. The molecule has 7 nitrogen and oxygen atoms in total. The second-order valence-electron chi connectivity index (χ2n) is 15.5. The highest BCUT2D eigenvalue weighted by atomic mass is 16.7. The minimum atomic E-state index is -0.463. The van der Waals surface area contributed by atoms with E-state index in [1.807, 2.05) is 18.2 Å². The SMILES string of the molecule is O=C(NCc1ccccc1-c1ccc([C@@H]2O[C@H](CN3CCCCC3)C[C@H](c3ccc(CO)cc3)O2)cc1)NC12CC3CC(CC(C3)C1)C2. The van der Waals surface area contributed by atoms with E-state index in [-0.39, 0.29) is 30.4 Å². The smallest absolute Gasteiger partial charge is 0.315 e. The van der Waals surface area contributed by atoms with E-state index in [1.54, 1.807) is 0 Å². The van der Waals surface area contributed by atoms with Crippen LogP contribution in [0.25, 0.3) is 11.1 Å². The summed E-state index contributed by atoms with van der Waals surface area (Å²) >= 11 is 0. The predicted octanol–water partition coefficient (Wildman–Crippen LogP) is 7.65. The highest BCUT2D eigenvalue weighted by Gasteiger charge is 2.51. The van der Waals surface area contributed by atoms with Gasteiger partial charge in [-0.3, -0.25) is 0 Å². The van der Waals surface area contributed by atoms with Crippen molar-refractivity contribution in [1.29, 1.82) is 0 Å². The number of piperidine rings is 1. The fourth-order valence-corrected chi connectivity index (χ4v) is 9.96. The number of urea groups is 1. The Morgan fingerprint density at radius 2 is 1.46 bits per heavy atom. The number of benzene rings is 3. The Morgan fingerprint density at radius 3 is 2.15 bits per heavy atom. The molecule has 3 atom stereocenters. The maximum atomic E-state index is 13.2. The maximum Gasteiger partial charge on any atom is 0.315 e. The molecule has 4 aliphatic carbocycles. The number of amides is 2. The lowest BCUT2D eigenvalue weighted by atomic mass is 9.53. The summed E-state index contributed by atoms with van der Waals surface area (Å²) < 4.78 is 13.3. The zero-order valence-corrected chi connectivity index (χ0v) is 28.1. The second-order valence-corrected chi connectivity index (χ2v) is 15.5. The Labute approximate surface area is 285 Å². The molecular formula is C41H51N3O4. The van der Waals surface area contributed by atoms with Gasteiger partial charge < -0.3 is 30.1 Å². The van der Waals surface area contributed by atoms with Gasteiger partial charge in [-0.25, -0.2) is 4.79 Å². The molecule has 2 heterocycles. The second kappa shape index (κ2) is 13.9. The fourth-order valence-electron chi connectivity index (χ4n) is 9.96. The van der Waals surface area contributed by atoms with Gasteiger partial charge in [0.1, 0.15) is 0 Å². The Balaban J connectivity index is 0.946. The number of likely N-dealkylation sites (tertiary alicyclic amines) is 1. The van der Waals surface area contributed by atoms with Gasteiger partial charge in [0.05, 0.1) is 18.8 Å². The van der Waals surface area contributed by atoms with Crippen molar-refractivity contribution >= 4 is 6.03 Å². The van der Waals surface area contributed by atoms with Crippen molar-refractivity contribution in [2.24, 2.45) is 17.8 Å². The van der Waals surface area contributed by atoms with Gasteiger partial charge in [-0.2, -0.15) is 0 Å². The molecule has 0 aromatic heterocycles. The Bertz CT molecular complexity index is 1520. The van der Waals surface area contributed by atoms with E-state index in [9.17, 15) is 9.90 Å². The molecule has 0 spiro atoms. The summed E-state index contributed by atoms with van der Waals surface area (Å²) in [6.45, 7) is 3.71. The quantitative estimate of drug-likeness (QED) is 0.222. The number of hydrogen-bond acceptors (Lipinski definition) is 5. The Kier molecular flexibility index (Phi) is 9.30. The number of rotatable bonds is 9. The predicted molar refractivity (Wildman–Crippen MR) is 187 cm³/mol. The van der Waals surface area contributed by atoms with Crippen LogP contribution in [0.2, 0.25) is 0 Å². The van der Waals surface area contributed by atoms with Gasteiger partial charge in [0.2, 0.25) is 0 Å². The van der Waals surface area contributed by atoms with Crippen LogP contribution in [-0.4, -0.2) is 47.3 Å². The number of nitrogens with one attached hydrogen (secondary N) is 2. The molecule has 3 aromatic carbocycles. The first-order valence-corrected chi connectivity index (χ1v) is 18.5. The van der Waals surface area contributed by atoms with E-state index in [0.717, 1.165) is 96.5 Å². The van der Waals surface area contributed by atoms with E-state index in [0.29, 0.717) is 6.54 Å². The molecule has 0 unspecified atom stereocenters. The van der Waals surface area contributed by atoms with Crippen LogP contribution in [0.1, 0.15) is 98.9 Å². The standard InChI is InChI=1S/C41H51N3O4/c45-27-28-8-10-33(11-9-28)38-21-36(26-44-16-4-1-5-17-44)47-39(48-38)34-14-12-32(13-15-34)37-7-3-2-6-35(37)25-42-40(46)43-41-22-29-18-30(23-41)20-31(19-29)24-41/h2-3,6-15,29-31,36,38-39,45H,1,4-5,16-27H2,(H2,42,43,46)/t29?,30?,31?,36-,38+,39+,41?/m0/s1. The van der Waals surface area contributed by atoms with Gasteiger partial charge in [0, 0.05) is 30.6 Å². The molecule has 2 aliphatic heterocycles. The van der Waals surface area contributed by atoms with Crippen molar-refractivity contribution in [2.75, 3.05) is 19.6 Å². The topological polar surface area (TPSA) is 83.1 Å². The largest absolute Gasteiger partial charge is 0.392 e. The summed E-state index contributed by atoms with van der Waals surface area (Å²) in [4.78, 5) is 15.8. The van der Waals surface area contributed by atoms with E-state index in [1.165, 1.54) is 38.5 Å². The third-order valence-electron chi connectivity index (χ3n) is 11.9. The molecular weight excluding hydrogens is 598 g/mol. The molecule has 2 amide bonds. The average molecular weight is 650 g/mol. The third-order valence-corrected chi connectivity index (χ3v) is 11.9. The van der Waals surface area contributed by atoms with Crippen molar-refractivity contribution in [2.45, 2.75) is 101 Å². The van der Waals surface area contributed by atoms with Crippen LogP contribution in [0.4, 0.5) is 4.79 Å². The highest BCUT2D eigenvalue weighted by molar-refractivity contribution is 5.76. The van der Waals surface area contributed by atoms with E-state index < -0.39 is 6.29 Å². The third kappa shape index (κ3) is 7.07. The normalized spacial score (nSPS) is 31.4. The van der Waals surface area contributed by atoms with Crippen molar-refractivity contribution < 1.29 is 19.4 Å². The molecule has 4 bridgehead atoms. The minimum absolute atomic E-state index is 0.00607. The summed E-state index contributed by atoms with van der Waals surface area (Å²) in [5.74, 6) is 2.40. The lowest BCUT2D eigenvalue weighted by Crippen LogP contribution is -2.61. The lowest BCUT2D eigenvalue weighted by Gasteiger charge is -2.56. The van der Waals surface area contributed by atoms with Crippen LogP contribution in [0.15, 0.2) is 72.8 Å². The lowest BCUT2D eigenvalue weighted by molar-refractivity contribution is -0.253. The number of hydrogen-bond donors (Lipinski definition) is 3. The van der Waals surface area contributed by atoms with Crippen molar-refractivity contribution in [3.8, 4) is 11.1 Å². The summed E-state index contributed by atoms with van der Waals surface area (Å²) in [6, 6.07) is 25.0. The summed E-state index contributed by atoms with van der Waals surface area (Å²) in [6.07, 6.45) is 11.7. The van der Waals surface area contributed by atoms with Gasteiger partial charge in [0.15, 0.2) is 6.29 Å². The van der Waals surface area contributed by atoms with E-state index >= 15 is 0 Å². The Hall–Kier alpha value is -3.23. The summed E-state index contributed by atoms with van der Waals surface area (Å²) in [5.41, 5.74) is 6.36. The van der Waals surface area contributed by atoms with E-state index in [2.05, 4.69) is 70.1 Å². The maximum absolute atomic E-state index is 13.2. The monoisotopic (exact) mass is 649 g/mol. The van der Waals surface area contributed by atoms with Crippen molar-refractivity contribution in [1.82, 2.24) is 15.5 Å². The number of carbonyl (C=O) groups is 1. The van der Waals surface area contributed by atoms with E-state index in [4.69, 9.17) is 9.47 Å². The van der Waals surface area contributed by atoms with Gasteiger partial charge in [-0.1, -0.05) is 79.2 Å². The first kappa shape index (κ1) is 32.0. The molecule has 2 saturated heterocycles. The van der Waals surface area contributed by atoms with Crippen LogP contribution in [0.3, 0.4) is 0 Å². The number of aliphatic hydroxyl groups is 1. The van der Waals surface area contributed by atoms with Crippen LogP contribution in [0, 0.1) is 17.8 Å². The molecule has 3 aromatic rings. The van der Waals surface area contributed by atoms with Gasteiger partial charge in [-0.05, 0) is 110 Å². The van der Waals surface area contributed by atoms with Crippen LogP contribution in [0.5, 0.6) is 0 Å². The Morgan fingerprint density at radius 1 is 0.792 bits per heavy atom. The molecule has 48 heavy (non-hydrogen) atoms. The van der Waals surface area contributed by atoms with Gasteiger partial charge in [0.25, 0.3) is 0 Å². The molecule has 9 rings (SSSR count). The summed E-state index contributed by atoms with van der Waals surface area (Å²) in [5, 5.41) is 16.2. The van der Waals surface area contributed by atoms with Gasteiger partial charge in [-0.15, -0.1) is 0 Å². The first-order valence-electron chi connectivity index (χ1n) is 18.5. The molecule has 6 fully saturated rings. The van der Waals surface area contributed by atoms with Crippen molar-refractivity contribution in [3.63, 3.8) is 0 Å². The first-order chi connectivity index (χ1) is 23.5. The van der Waals surface area contributed by atoms with Gasteiger partial charge >= 0.3 is 6.03 Å². The molecule has 0 radical (unpaired) electrons. The molecule has 3 N–H and O–H groups in total. The highest BCUT2D eigenvalue weighted by Crippen LogP contribution is 2.55. The van der Waals surface area contributed by atoms with Crippen LogP contribution < -0.4 is 10.6 Å². The number of nitrogens with zero attached hydrogens (tertiary/aromatic N) is 1. The average Bonchev–Trinajstić information content (AvgIpc) is 3.10. The number of carbonyl (C=O) groups excluding carboxylic acids is 1. The fraction of sp³-hybridized carbons (Fsp3) is 0.537. The minimum Gasteiger partial charge on any atom is -0.392 e.